The molecule has 0 atom stereocenters. The number of halogens is 1. The summed E-state index contributed by atoms with van der Waals surface area (Å²) in [5.74, 6) is 0.700. The summed E-state index contributed by atoms with van der Waals surface area (Å²) in [6.07, 6.45) is 1.10. The molecule has 0 saturated heterocycles. The highest BCUT2D eigenvalue weighted by Gasteiger charge is 2.05. The quantitative estimate of drug-likeness (QED) is 0.810. The molecular weight excluding hydrogens is 247 g/mol. The van der Waals surface area contributed by atoms with E-state index >= 15 is 0 Å². The number of hydrogen-bond donors (Lipinski definition) is 1. The van der Waals surface area contributed by atoms with Gasteiger partial charge in [-0.15, -0.1) is 0 Å². The van der Waals surface area contributed by atoms with E-state index in [1.807, 2.05) is 30.3 Å². The van der Waals surface area contributed by atoms with Crippen LogP contribution >= 0.6 is 0 Å². The number of benzene rings is 1. The molecule has 2 N–H and O–H groups in total. The Labute approximate surface area is 111 Å². The molecule has 0 fully saturated rings. The first-order chi connectivity index (χ1) is 9.29. The molecule has 0 aliphatic carbocycles. The first-order valence-corrected chi connectivity index (χ1v) is 5.94. The minimum atomic E-state index is -0.423. The maximum absolute atomic E-state index is 12.9. The minimum Gasteiger partial charge on any atom is -0.490 e. The van der Waals surface area contributed by atoms with Crippen molar-refractivity contribution in [1.29, 1.82) is 0 Å². The molecule has 0 radical (unpaired) electrons. The van der Waals surface area contributed by atoms with Gasteiger partial charge in [0.05, 0.1) is 6.20 Å². The Morgan fingerprint density at radius 2 is 1.84 bits per heavy atom. The number of rotatable bonds is 6. The molecule has 1 aromatic carbocycles. The van der Waals surface area contributed by atoms with Crippen LogP contribution in [0.3, 0.4) is 0 Å². The minimum absolute atomic E-state index is 0.180. The van der Waals surface area contributed by atoms with Crippen LogP contribution in [0.2, 0.25) is 0 Å². The zero-order valence-corrected chi connectivity index (χ0v) is 10.4. The van der Waals surface area contributed by atoms with Crippen molar-refractivity contribution in [2.75, 3.05) is 13.2 Å². The maximum atomic E-state index is 12.9. The molecule has 0 saturated carbocycles. The van der Waals surface area contributed by atoms with Gasteiger partial charge in [-0.05, 0) is 18.2 Å². The van der Waals surface area contributed by atoms with Crippen molar-refractivity contribution >= 4 is 0 Å². The summed E-state index contributed by atoms with van der Waals surface area (Å²) in [5, 5.41) is 0. The van der Waals surface area contributed by atoms with Crippen molar-refractivity contribution < 1.29 is 13.9 Å². The van der Waals surface area contributed by atoms with Crippen molar-refractivity contribution in [2.45, 2.75) is 6.54 Å². The molecule has 0 aliphatic heterocycles. The summed E-state index contributed by atoms with van der Waals surface area (Å²) >= 11 is 0. The van der Waals surface area contributed by atoms with Crippen molar-refractivity contribution in [2.24, 2.45) is 5.73 Å². The topological polar surface area (TPSA) is 57.4 Å². The Morgan fingerprint density at radius 1 is 1.11 bits per heavy atom. The van der Waals surface area contributed by atoms with Gasteiger partial charge in [-0.25, -0.2) is 9.37 Å². The number of para-hydroxylation sites is 1. The fourth-order valence-corrected chi connectivity index (χ4v) is 1.56. The van der Waals surface area contributed by atoms with E-state index < -0.39 is 5.82 Å². The second-order valence-corrected chi connectivity index (χ2v) is 3.83. The van der Waals surface area contributed by atoms with Gasteiger partial charge in [0.25, 0.3) is 0 Å². The normalized spacial score (nSPS) is 10.2. The standard InChI is InChI=1S/C14H15FN2O2/c15-12-8-11(9-16)14(17-10-12)19-7-6-18-13-4-2-1-3-5-13/h1-5,8,10H,6-7,9,16H2. The van der Waals surface area contributed by atoms with Crippen molar-refractivity contribution in [3.8, 4) is 11.6 Å². The number of hydrogen-bond acceptors (Lipinski definition) is 4. The molecule has 1 aromatic heterocycles. The van der Waals surface area contributed by atoms with E-state index in [1.165, 1.54) is 6.07 Å². The monoisotopic (exact) mass is 262 g/mol. The lowest BCUT2D eigenvalue weighted by molar-refractivity contribution is 0.210. The molecule has 5 heteroatoms. The van der Waals surface area contributed by atoms with Crippen LogP contribution in [0, 0.1) is 5.82 Å². The fraction of sp³-hybridized carbons (Fsp3) is 0.214. The Morgan fingerprint density at radius 3 is 2.58 bits per heavy atom. The molecule has 2 aromatic rings. The number of ether oxygens (including phenoxy) is 2. The second-order valence-electron chi connectivity index (χ2n) is 3.83. The summed E-state index contributed by atoms with van der Waals surface area (Å²) in [4.78, 5) is 3.86. The SMILES string of the molecule is NCc1cc(F)cnc1OCCOc1ccccc1. The summed E-state index contributed by atoms with van der Waals surface area (Å²) in [6, 6.07) is 10.7. The molecule has 0 amide bonds. The smallest absolute Gasteiger partial charge is 0.218 e. The zero-order chi connectivity index (χ0) is 13.5. The predicted octanol–water partition coefficient (Wildman–Crippen LogP) is 2.14. The third-order valence-electron chi connectivity index (χ3n) is 2.45. The molecule has 0 aliphatic rings. The van der Waals surface area contributed by atoms with Crippen LogP contribution in [0.25, 0.3) is 0 Å². The highest BCUT2D eigenvalue weighted by Crippen LogP contribution is 2.15. The van der Waals surface area contributed by atoms with Crippen LogP contribution in [0.15, 0.2) is 42.6 Å². The van der Waals surface area contributed by atoms with Gasteiger partial charge >= 0.3 is 0 Å². The summed E-state index contributed by atoms with van der Waals surface area (Å²) in [6.45, 7) is 0.882. The number of nitrogens with two attached hydrogens (primary N) is 1. The lowest BCUT2D eigenvalue weighted by Crippen LogP contribution is -2.12. The molecule has 0 bridgehead atoms. The number of pyridine rings is 1. The molecule has 0 spiro atoms. The lowest BCUT2D eigenvalue weighted by atomic mass is 10.3. The van der Waals surface area contributed by atoms with Gasteiger partial charge in [0, 0.05) is 12.1 Å². The van der Waals surface area contributed by atoms with Gasteiger partial charge in [-0.1, -0.05) is 18.2 Å². The average Bonchev–Trinajstić information content (AvgIpc) is 2.46. The van der Waals surface area contributed by atoms with Crippen LogP contribution in [0.4, 0.5) is 4.39 Å². The summed E-state index contributed by atoms with van der Waals surface area (Å²) in [5.41, 5.74) is 6.04. The molecule has 2 rings (SSSR count). The van der Waals surface area contributed by atoms with Crippen LogP contribution in [-0.2, 0) is 6.54 Å². The number of aromatic nitrogens is 1. The highest BCUT2D eigenvalue weighted by atomic mass is 19.1. The Bertz CT molecular complexity index is 520. The van der Waals surface area contributed by atoms with E-state index in [-0.39, 0.29) is 6.54 Å². The van der Waals surface area contributed by atoms with Crippen LogP contribution in [-0.4, -0.2) is 18.2 Å². The van der Waals surface area contributed by atoms with Gasteiger partial charge in [-0.2, -0.15) is 0 Å². The van der Waals surface area contributed by atoms with Crippen LogP contribution in [0.1, 0.15) is 5.56 Å². The molecule has 1 heterocycles. The van der Waals surface area contributed by atoms with E-state index in [0.717, 1.165) is 11.9 Å². The first kappa shape index (κ1) is 13.3. The van der Waals surface area contributed by atoms with Gasteiger partial charge in [0.2, 0.25) is 5.88 Å². The summed E-state index contributed by atoms with van der Waals surface area (Å²) < 4.78 is 23.8. The van der Waals surface area contributed by atoms with Crippen LogP contribution < -0.4 is 15.2 Å². The fourth-order valence-electron chi connectivity index (χ4n) is 1.56. The van der Waals surface area contributed by atoms with Gasteiger partial charge in [0.15, 0.2) is 0 Å². The van der Waals surface area contributed by atoms with E-state index in [2.05, 4.69) is 4.98 Å². The Kier molecular flexibility index (Phi) is 4.69. The summed E-state index contributed by atoms with van der Waals surface area (Å²) in [7, 11) is 0. The third kappa shape index (κ3) is 3.93. The third-order valence-corrected chi connectivity index (χ3v) is 2.45. The molecule has 0 unspecified atom stereocenters. The van der Waals surface area contributed by atoms with Crippen molar-refractivity contribution in [3.63, 3.8) is 0 Å². The van der Waals surface area contributed by atoms with E-state index in [9.17, 15) is 4.39 Å². The molecular formula is C14H15FN2O2. The number of nitrogens with zero attached hydrogens (tertiary/aromatic N) is 1. The van der Waals surface area contributed by atoms with Gasteiger partial charge < -0.3 is 15.2 Å². The van der Waals surface area contributed by atoms with Gasteiger partial charge in [0.1, 0.15) is 24.8 Å². The molecule has 19 heavy (non-hydrogen) atoms. The van der Waals surface area contributed by atoms with E-state index in [4.69, 9.17) is 15.2 Å². The largest absolute Gasteiger partial charge is 0.490 e. The van der Waals surface area contributed by atoms with E-state index in [1.54, 1.807) is 0 Å². The zero-order valence-electron chi connectivity index (χ0n) is 10.4. The maximum Gasteiger partial charge on any atom is 0.218 e. The Hall–Kier alpha value is -2.14. The average molecular weight is 262 g/mol. The van der Waals surface area contributed by atoms with E-state index in [0.29, 0.717) is 24.7 Å². The predicted molar refractivity (Wildman–Crippen MR) is 69.5 cm³/mol. The van der Waals surface area contributed by atoms with Crippen molar-refractivity contribution in [3.05, 3.63) is 54.0 Å². The second kappa shape index (κ2) is 6.70. The van der Waals surface area contributed by atoms with Gasteiger partial charge in [-0.3, -0.25) is 0 Å². The highest BCUT2D eigenvalue weighted by molar-refractivity contribution is 5.26. The lowest BCUT2D eigenvalue weighted by Gasteiger charge is -2.10. The first-order valence-electron chi connectivity index (χ1n) is 5.94. The Balaban J connectivity index is 1.83. The van der Waals surface area contributed by atoms with Crippen molar-refractivity contribution in [1.82, 2.24) is 4.98 Å². The molecule has 100 valence electrons. The van der Waals surface area contributed by atoms with Crippen LogP contribution in [0.5, 0.6) is 11.6 Å². The molecule has 4 nitrogen and oxygen atoms in total.